The van der Waals surface area contributed by atoms with Gasteiger partial charge in [-0.25, -0.2) is 0 Å². The third-order valence-electron chi connectivity index (χ3n) is 2.57. The van der Waals surface area contributed by atoms with Crippen molar-refractivity contribution in [3.05, 3.63) is 0 Å². The van der Waals surface area contributed by atoms with E-state index in [1.54, 1.807) is 4.90 Å². The summed E-state index contributed by atoms with van der Waals surface area (Å²) in [5, 5.41) is 0. The molecule has 1 saturated heterocycles. The maximum atomic E-state index is 11.8. The summed E-state index contributed by atoms with van der Waals surface area (Å²) in [5.41, 5.74) is 5.59. The maximum absolute atomic E-state index is 11.8. The first kappa shape index (κ1) is 12.4. The lowest BCUT2D eigenvalue weighted by atomic mass is 10.2. The smallest absolute Gasteiger partial charge is 0.225 e. The van der Waals surface area contributed by atoms with Crippen LogP contribution in [-0.4, -0.2) is 41.6 Å². The Morgan fingerprint density at radius 1 is 1.67 bits per heavy atom. The normalized spacial score (nSPS) is 20.6. The SMILES string of the molecule is CCOCCC(=O)N1CCCC1C(N)=S. The van der Waals surface area contributed by atoms with Crippen molar-refractivity contribution in [2.45, 2.75) is 32.2 Å². The largest absolute Gasteiger partial charge is 0.392 e. The van der Waals surface area contributed by atoms with Gasteiger partial charge in [-0.05, 0) is 19.8 Å². The van der Waals surface area contributed by atoms with Gasteiger partial charge in [0.15, 0.2) is 0 Å². The number of nitrogens with two attached hydrogens (primary N) is 1. The summed E-state index contributed by atoms with van der Waals surface area (Å²) >= 11 is 4.94. The average Bonchev–Trinajstić information content (AvgIpc) is 2.66. The van der Waals surface area contributed by atoms with Gasteiger partial charge in [-0.15, -0.1) is 0 Å². The molecule has 0 aliphatic carbocycles. The second-order valence-electron chi connectivity index (χ2n) is 3.59. The number of hydrogen-bond acceptors (Lipinski definition) is 3. The number of carbonyl (C=O) groups excluding carboxylic acids is 1. The predicted molar refractivity (Wildman–Crippen MR) is 62.6 cm³/mol. The van der Waals surface area contributed by atoms with Gasteiger partial charge in [-0.2, -0.15) is 0 Å². The number of hydrogen-bond donors (Lipinski definition) is 1. The molecule has 1 heterocycles. The Hall–Kier alpha value is -0.680. The van der Waals surface area contributed by atoms with Crippen molar-refractivity contribution in [1.82, 2.24) is 4.90 Å². The van der Waals surface area contributed by atoms with Gasteiger partial charge in [-0.1, -0.05) is 12.2 Å². The van der Waals surface area contributed by atoms with Gasteiger partial charge in [0.05, 0.1) is 24.1 Å². The number of nitrogens with zero attached hydrogens (tertiary/aromatic N) is 1. The van der Waals surface area contributed by atoms with Crippen LogP contribution in [0.2, 0.25) is 0 Å². The minimum absolute atomic E-state index is 0.0332. The molecule has 1 fully saturated rings. The molecule has 2 N–H and O–H groups in total. The number of amides is 1. The molecule has 1 amide bonds. The van der Waals surface area contributed by atoms with Crippen LogP contribution in [0.5, 0.6) is 0 Å². The summed E-state index contributed by atoms with van der Waals surface area (Å²) in [7, 11) is 0. The van der Waals surface area contributed by atoms with E-state index in [1.165, 1.54) is 0 Å². The van der Waals surface area contributed by atoms with E-state index in [0.717, 1.165) is 19.4 Å². The van der Waals surface area contributed by atoms with Gasteiger partial charge in [0.25, 0.3) is 0 Å². The highest BCUT2D eigenvalue weighted by Crippen LogP contribution is 2.18. The highest BCUT2D eigenvalue weighted by atomic mass is 32.1. The number of likely N-dealkylation sites (tertiary alicyclic amines) is 1. The van der Waals surface area contributed by atoms with E-state index in [4.69, 9.17) is 22.7 Å². The molecule has 5 heteroatoms. The Labute approximate surface area is 95.8 Å². The molecule has 15 heavy (non-hydrogen) atoms. The minimum atomic E-state index is -0.0332. The summed E-state index contributed by atoms with van der Waals surface area (Å²) in [6, 6.07) is -0.0332. The molecule has 1 aliphatic heterocycles. The van der Waals surface area contributed by atoms with Crippen LogP contribution in [0.25, 0.3) is 0 Å². The fourth-order valence-corrected chi connectivity index (χ4v) is 2.05. The zero-order valence-corrected chi connectivity index (χ0v) is 9.89. The molecule has 0 radical (unpaired) electrons. The van der Waals surface area contributed by atoms with Crippen LogP contribution >= 0.6 is 12.2 Å². The predicted octanol–water partition coefficient (Wildman–Crippen LogP) is 0.690. The lowest BCUT2D eigenvalue weighted by Gasteiger charge is -2.23. The molecule has 0 aromatic carbocycles. The maximum Gasteiger partial charge on any atom is 0.225 e. The summed E-state index contributed by atoms with van der Waals surface area (Å²) in [4.78, 5) is 14.0. The van der Waals surface area contributed by atoms with Gasteiger partial charge >= 0.3 is 0 Å². The van der Waals surface area contributed by atoms with Gasteiger partial charge in [0, 0.05) is 13.2 Å². The highest BCUT2D eigenvalue weighted by Gasteiger charge is 2.29. The van der Waals surface area contributed by atoms with Crippen LogP contribution in [0, 0.1) is 0 Å². The number of rotatable bonds is 5. The first-order chi connectivity index (χ1) is 7.16. The van der Waals surface area contributed by atoms with E-state index in [9.17, 15) is 4.79 Å². The van der Waals surface area contributed by atoms with E-state index >= 15 is 0 Å². The molecule has 1 unspecified atom stereocenters. The average molecular weight is 230 g/mol. The molecule has 86 valence electrons. The molecule has 4 nitrogen and oxygen atoms in total. The fourth-order valence-electron chi connectivity index (χ4n) is 1.81. The summed E-state index contributed by atoms with van der Waals surface area (Å²) in [6.45, 7) is 3.81. The van der Waals surface area contributed by atoms with Gasteiger partial charge in [-0.3, -0.25) is 4.79 Å². The Morgan fingerprint density at radius 3 is 3.00 bits per heavy atom. The lowest BCUT2D eigenvalue weighted by molar-refractivity contribution is -0.132. The number of carbonyl (C=O) groups is 1. The molecular formula is C10H18N2O2S. The third-order valence-corrected chi connectivity index (χ3v) is 2.84. The molecule has 1 atom stereocenters. The number of thiocarbonyl (C=S) groups is 1. The molecule has 1 rings (SSSR count). The molecule has 1 aliphatic rings. The Balaban J connectivity index is 2.40. The van der Waals surface area contributed by atoms with E-state index in [0.29, 0.717) is 24.6 Å². The van der Waals surface area contributed by atoms with Gasteiger partial charge in [0.1, 0.15) is 0 Å². The summed E-state index contributed by atoms with van der Waals surface area (Å²) in [5.74, 6) is 0.0961. The number of ether oxygens (including phenoxy) is 1. The van der Waals surface area contributed by atoms with E-state index in [1.807, 2.05) is 6.92 Å². The molecule has 0 spiro atoms. The van der Waals surface area contributed by atoms with E-state index in [-0.39, 0.29) is 11.9 Å². The summed E-state index contributed by atoms with van der Waals surface area (Å²) in [6.07, 6.45) is 2.31. The monoisotopic (exact) mass is 230 g/mol. The van der Waals surface area contributed by atoms with Gasteiger partial charge in [0.2, 0.25) is 5.91 Å². The van der Waals surface area contributed by atoms with Crippen LogP contribution in [0.1, 0.15) is 26.2 Å². The Bertz CT molecular complexity index is 246. The van der Waals surface area contributed by atoms with Crippen molar-refractivity contribution in [3.8, 4) is 0 Å². The van der Waals surface area contributed by atoms with Crippen molar-refractivity contribution in [2.24, 2.45) is 5.73 Å². The van der Waals surface area contributed by atoms with Crippen molar-refractivity contribution >= 4 is 23.1 Å². The van der Waals surface area contributed by atoms with Crippen molar-refractivity contribution in [3.63, 3.8) is 0 Å². The second-order valence-corrected chi connectivity index (χ2v) is 4.07. The molecular weight excluding hydrogens is 212 g/mol. The Kier molecular flexibility index (Phi) is 4.98. The quantitative estimate of drug-likeness (QED) is 0.558. The van der Waals surface area contributed by atoms with E-state index < -0.39 is 0 Å². The third kappa shape index (κ3) is 3.43. The summed E-state index contributed by atoms with van der Waals surface area (Å²) < 4.78 is 5.15. The van der Waals surface area contributed by atoms with Crippen LogP contribution in [0.3, 0.4) is 0 Å². The topological polar surface area (TPSA) is 55.6 Å². The zero-order valence-electron chi connectivity index (χ0n) is 9.07. The van der Waals surface area contributed by atoms with Crippen LogP contribution in [0.4, 0.5) is 0 Å². The van der Waals surface area contributed by atoms with Crippen molar-refractivity contribution < 1.29 is 9.53 Å². The minimum Gasteiger partial charge on any atom is -0.392 e. The molecule has 0 saturated carbocycles. The molecule has 0 aromatic heterocycles. The first-order valence-corrected chi connectivity index (χ1v) is 5.74. The van der Waals surface area contributed by atoms with Crippen molar-refractivity contribution in [2.75, 3.05) is 19.8 Å². The van der Waals surface area contributed by atoms with Crippen molar-refractivity contribution in [1.29, 1.82) is 0 Å². The molecule has 0 bridgehead atoms. The van der Waals surface area contributed by atoms with Gasteiger partial charge < -0.3 is 15.4 Å². The van der Waals surface area contributed by atoms with E-state index in [2.05, 4.69) is 0 Å². The van der Waals surface area contributed by atoms with Crippen LogP contribution in [-0.2, 0) is 9.53 Å². The fraction of sp³-hybridized carbons (Fsp3) is 0.800. The zero-order chi connectivity index (χ0) is 11.3. The standard InChI is InChI=1S/C10H18N2O2S/c1-2-14-7-5-9(13)12-6-3-4-8(12)10(11)15/h8H,2-7H2,1H3,(H2,11,15). The highest BCUT2D eigenvalue weighted by molar-refractivity contribution is 7.80. The second kappa shape index (κ2) is 6.02. The Morgan fingerprint density at radius 2 is 2.40 bits per heavy atom. The lowest BCUT2D eigenvalue weighted by Crippen LogP contribution is -2.43. The molecule has 0 aromatic rings. The van der Waals surface area contributed by atoms with Crippen LogP contribution < -0.4 is 5.73 Å². The first-order valence-electron chi connectivity index (χ1n) is 5.33. The van der Waals surface area contributed by atoms with Crippen LogP contribution in [0.15, 0.2) is 0 Å².